The van der Waals surface area contributed by atoms with Crippen molar-refractivity contribution >= 4 is 28.7 Å². The Labute approximate surface area is 159 Å². The Morgan fingerprint density at radius 1 is 1.19 bits per heavy atom. The zero-order chi connectivity index (χ0) is 19.4. The lowest BCUT2D eigenvalue weighted by atomic mass is 10.1. The van der Waals surface area contributed by atoms with Gasteiger partial charge in [-0.25, -0.2) is 4.98 Å². The molecule has 1 saturated heterocycles. The van der Waals surface area contributed by atoms with Crippen LogP contribution in [0.1, 0.15) is 37.6 Å². The van der Waals surface area contributed by atoms with Crippen molar-refractivity contribution in [1.29, 1.82) is 0 Å². The summed E-state index contributed by atoms with van der Waals surface area (Å²) in [4.78, 5) is 37.0. The van der Waals surface area contributed by atoms with Crippen molar-refractivity contribution in [2.45, 2.75) is 27.2 Å². The van der Waals surface area contributed by atoms with Crippen LogP contribution in [0.3, 0.4) is 0 Å². The molecule has 1 aromatic heterocycles. The van der Waals surface area contributed by atoms with Crippen LogP contribution >= 0.6 is 0 Å². The topological polar surface area (TPSA) is 78.4 Å². The number of rotatable bonds is 5. The molecule has 2 heterocycles. The molecule has 0 spiro atoms. The van der Waals surface area contributed by atoms with Crippen molar-refractivity contribution in [3.8, 4) is 0 Å². The van der Waals surface area contributed by atoms with E-state index in [0.717, 1.165) is 30.8 Å². The van der Waals surface area contributed by atoms with E-state index in [9.17, 15) is 9.59 Å². The fourth-order valence-corrected chi connectivity index (χ4v) is 3.06. The summed E-state index contributed by atoms with van der Waals surface area (Å²) >= 11 is 0. The number of hydrogen-bond donors (Lipinski definition) is 1. The van der Waals surface area contributed by atoms with Crippen LogP contribution in [0.25, 0.3) is 11.0 Å². The fraction of sp³-hybridized carbons (Fsp3) is 0.500. The average Bonchev–Trinajstić information content (AvgIpc) is 2.70. The predicted molar refractivity (Wildman–Crippen MR) is 106 cm³/mol. The third-order valence-corrected chi connectivity index (χ3v) is 5.15. The Kier molecular flexibility index (Phi) is 5.88. The van der Waals surface area contributed by atoms with Gasteiger partial charge in [-0.3, -0.25) is 14.6 Å². The number of nitrogens with one attached hydrogen (secondary N) is 1. The van der Waals surface area contributed by atoms with Gasteiger partial charge in [0.1, 0.15) is 5.82 Å². The highest BCUT2D eigenvalue weighted by molar-refractivity contribution is 5.97. The number of carbonyl (C=O) groups is 2. The van der Waals surface area contributed by atoms with Gasteiger partial charge in [0.25, 0.3) is 5.91 Å². The third-order valence-electron chi connectivity index (χ3n) is 5.15. The van der Waals surface area contributed by atoms with Crippen molar-refractivity contribution in [1.82, 2.24) is 20.2 Å². The maximum Gasteiger partial charge on any atom is 0.251 e. The Bertz CT molecular complexity index is 830. The summed E-state index contributed by atoms with van der Waals surface area (Å²) in [6.45, 7) is 9.33. The number of carbonyl (C=O) groups excluding carboxylic acids is 2. The van der Waals surface area contributed by atoms with E-state index in [1.807, 2.05) is 11.0 Å². The number of nitrogens with zero attached hydrogens (tertiary/aromatic N) is 4. The molecule has 3 rings (SSSR count). The Balaban J connectivity index is 1.74. The average molecular weight is 369 g/mol. The van der Waals surface area contributed by atoms with Gasteiger partial charge in [-0.1, -0.05) is 20.3 Å². The van der Waals surface area contributed by atoms with Crippen LogP contribution in [0.2, 0.25) is 0 Å². The first kappa shape index (κ1) is 19.1. The van der Waals surface area contributed by atoms with Gasteiger partial charge < -0.3 is 15.1 Å². The van der Waals surface area contributed by atoms with Crippen LogP contribution in [0.5, 0.6) is 0 Å². The maximum atomic E-state index is 12.4. The summed E-state index contributed by atoms with van der Waals surface area (Å²) in [5.74, 6) is 1.25. The van der Waals surface area contributed by atoms with E-state index >= 15 is 0 Å². The number of aromatic nitrogens is 2. The third kappa shape index (κ3) is 4.53. The standard InChI is InChI=1S/C20H27N5O2/c1-4-14(2)12-22-20(27)16-5-6-17-18(11-16)23-19(13-21-17)25-9-7-24(8-10-25)15(3)26/h5-6,11,13-14H,4,7-10,12H2,1-3H3,(H,22,27)/t14-/m1/s1. The first-order valence-electron chi connectivity index (χ1n) is 9.53. The maximum absolute atomic E-state index is 12.4. The number of piperazine rings is 1. The van der Waals surface area contributed by atoms with Gasteiger partial charge >= 0.3 is 0 Å². The van der Waals surface area contributed by atoms with Crippen LogP contribution in [0, 0.1) is 5.92 Å². The second kappa shape index (κ2) is 8.33. The molecule has 2 amide bonds. The fourth-order valence-electron chi connectivity index (χ4n) is 3.06. The van der Waals surface area contributed by atoms with Crippen LogP contribution in [-0.4, -0.2) is 59.4 Å². The zero-order valence-corrected chi connectivity index (χ0v) is 16.2. The molecule has 2 aromatic rings. The molecule has 1 atom stereocenters. The number of benzene rings is 1. The van der Waals surface area contributed by atoms with Crippen molar-refractivity contribution in [3.05, 3.63) is 30.0 Å². The summed E-state index contributed by atoms with van der Waals surface area (Å²) in [5.41, 5.74) is 2.07. The highest BCUT2D eigenvalue weighted by atomic mass is 16.2. The van der Waals surface area contributed by atoms with Crippen molar-refractivity contribution in [2.75, 3.05) is 37.6 Å². The molecule has 0 saturated carbocycles. The lowest BCUT2D eigenvalue weighted by Crippen LogP contribution is -2.48. The second-order valence-corrected chi connectivity index (χ2v) is 7.15. The van der Waals surface area contributed by atoms with Crippen molar-refractivity contribution < 1.29 is 9.59 Å². The molecule has 7 heteroatoms. The van der Waals surface area contributed by atoms with E-state index in [1.165, 1.54) is 0 Å². The molecule has 1 aliphatic heterocycles. The predicted octanol–water partition coefficient (Wildman–Crippen LogP) is 2.07. The largest absolute Gasteiger partial charge is 0.352 e. The van der Waals surface area contributed by atoms with E-state index in [-0.39, 0.29) is 11.8 Å². The summed E-state index contributed by atoms with van der Waals surface area (Å²) in [5, 5.41) is 2.97. The minimum atomic E-state index is -0.0838. The smallest absolute Gasteiger partial charge is 0.251 e. The molecule has 1 aliphatic rings. The van der Waals surface area contributed by atoms with E-state index in [0.29, 0.717) is 36.6 Å². The first-order valence-corrected chi connectivity index (χ1v) is 9.53. The van der Waals surface area contributed by atoms with Gasteiger partial charge in [0.2, 0.25) is 5.91 Å². The number of fused-ring (bicyclic) bond motifs is 1. The summed E-state index contributed by atoms with van der Waals surface area (Å²) in [6, 6.07) is 5.41. The Morgan fingerprint density at radius 2 is 1.93 bits per heavy atom. The molecule has 7 nitrogen and oxygen atoms in total. The molecule has 1 fully saturated rings. The quantitative estimate of drug-likeness (QED) is 0.873. The molecule has 1 N–H and O–H groups in total. The zero-order valence-electron chi connectivity index (χ0n) is 16.2. The lowest BCUT2D eigenvalue weighted by Gasteiger charge is -2.34. The van der Waals surface area contributed by atoms with Crippen LogP contribution in [0.15, 0.2) is 24.4 Å². The minimum absolute atomic E-state index is 0.0838. The Hall–Kier alpha value is -2.70. The Morgan fingerprint density at radius 3 is 2.59 bits per heavy atom. The number of hydrogen-bond acceptors (Lipinski definition) is 5. The SMILES string of the molecule is CC[C@@H](C)CNC(=O)c1ccc2ncc(N3CCN(C(C)=O)CC3)nc2c1. The minimum Gasteiger partial charge on any atom is -0.352 e. The molecule has 0 unspecified atom stereocenters. The molecular formula is C20H27N5O2. The van der Waals surface area contributed by atoms with Gasteiger partial charge in [-0.15, -0.1) is 0 Å². The molecule has 27 heavy (non-hydrogen) atoms. The molecule has 0 bridgehead atoms. The van der Waals surface area contributed by atoms with Crippen molar-refractivity contribution in [3.63, 3.8) is 0 Å². The summed E-state index contributed by atoms with van der Waals surface area (Å²) in [6.07, 6.45) is 2.79. The normalized spacial score (nSPS) is 15.7. The van der Waals surface area contributed by atoms with Crippen LogP contribution in [0.4, 0.5) is 5.82 Å². The molecule has 0 aliphatic carbocycles. The summed E-state index contributed by atoms with van der Waals surface area (Å²) in [7, 11) is 0. The molecule has 144 valence electrons. The first-order chi connectivity index (χ1) is 13.0. The van der Waals surface area contributed by atoms with Gasteiger partial charge in [-0.2, -0.15) is 0 Å². The van der Waals surface area contributed by atoms with E-state index in [2.05, 4.69) is 29.0 Å². The molecule has 0 radical (unpaired) electrons. The number of anilines is 1. The van der Waals surface area contributed by atoms with Gasteiger partial charge in [0.05, 0.1) is 17.2 Å². The molecular weight excluding hydrogens is 342 g/mol. The highest BCUT2D eigenvalue weighted by Gasteiger charge is 2.20. The van der Waals surface area contributed by atoms with Gasteiger partial charge in [-0.05, 0) is 24.1 Å². The van der Waals surface area contributed by atoms with Crippen LogP contribution in [-0.2, 0) is 4.79 Å². The lowest BCUT2D eigenvalue weighted by molar-refractivity contribution is -0.129. The molecule has 1 aromatic carbocycles. The monoisotopic (exact) mass is 369 g/mol. The van der Waals surface area contributed by atoms with Gasteiger partial charge in [0, 0.05) is 45.2 Å². The highest BCUT2D eigenvalue weighted by Crippen LogP contribution is 2.18. The van der Waals surface area contributed by atoms with E-state index in [1.54, 1.807) is 25.3 Å². The van der Waals surface area contributed by atoms with E-state index in [4.69, 9.17) is 4.98 Å². The van der Waals surface area contributed by atoms with E-state index < -0.39 is 0 Å². The van der Waals surface area contributed by atoms with Crippen LogP contribution < -0.4 is 10.2 Å². The van der Waals surface area contributed by atoms with Gasteiger partial charge in [0.15, 0.2) is 0 Å². The van der Waals surface area contributed by atoms with Crippen molar-refractivity contribution in [2.24, 2.45) is 5.92 Å². The second-order valence-electron chi connectivity index (χ2n) is 7.15. The summed E-state index contributed by atoms with van der Waals surface area (Å²) < 4.78 is 0. The number of amides is 2.